The maximum atomic E-state index is 12.3. The van der Waals surface area contributed by atoms with Gasteiger partial charge in [0, 0.05) is 11.5 Å². The summed E-state index contributed by atoms with van der Waals surface area (Å²) >= 11 is 0. The second-order valence-corrected chi connectivity index (χ2v) is 5.92. The summed E-state index contributed by atoms with van der Waals surface area (Å²) in [7, 11) is 1.58. The van der Waals surface area contributed by atoms with Gasteiger partial charge >= 0.3 is 0 Å². The van der Waals surface area contributed by atoms with E-state index in [1.807, 2.05) is 26.8 Å². The Balaban J connectivity index is 2.82. The summed E-state index contributed by atoms with van der Waals surface area (Å²) in [6.45, 7) is 10.0. The highest BCUT2D eigenvalue weighted by Gasteiger charge is 2.28. The number of rotatable bonds is 5. The molecule has 1 aromatic heterocycles. The molecule has 0 saturated heterocycles. The number of hydrogen-bond donors (Lipinski definition) is 1. The van der Waals surface area contributed by atoms with Crippen LogP contribution in [0.25, 0.3) is 0 Å². The van der Waals surface area contributed by atoms with Gasteiger partial charge in [-0.1, -0.05) is 27.7 Å². The van der Waals surface area contributed by atoms with Crippen LogP contribution in [0.4, 0.5) is 5.69 Å². The lowest BCUT2D eigenvalue weighted by Crippen LogP contribution is -2.32. The molecule has 4 heteroatoms. The quantitative estimate of drug-likeness (QED) is 0.886. The number of methoxy groups -OCH3 is 1. The molecule has 0 aliphatic rings. The van der Waals surface area contributed by atoms with E-state index in [-0.39, 0.29) is 11.3 Å². The van der Waals surface area contributed by atoms with Crippen LogP contribution in [-0.4, -0.2) is 18.0 Å². The van der Waals surface area contributed by atoms with Crippen LogP contribution >= 0.6 is 0 Å². The number of aryl methyl sites for hydroxylation is 1. The van der Waals surface area contributed by atoms with Crippen molar-refractivity contribution in [2.24, 2.45) is 11.3 Å². The van der Waals surface area contributed by atoms with Crippen molar-refractivity contribution in [2.45, 2.75) is 41.0 Å². The monoisotopic (exact) mass is 264 g/mol. The number of nitrogens with zero attached hydrogens (tertiary/aromatic N) is 1. The third-order valence-corrected chi connectivity index (χ3v) is 3.05. The Kier molecular flexibility index (Phi) is 4.92. The molecule has 106 valence electrons. The molecular weight excluding hydrogens is 240 g/mol. The van der Waals surface area contributed by atoms with E-state index in [1.54, 1.807) is 13.2 Å². The average Bonchev–Trinajstić information content (AvgIpc) is 2.29. The van der Waals surface area contributed by atoms with Gasteiger partial charge in [0.15, 0.2) is 0 Å². The number of pyridine rings is 1. The first kappa shape index (κ1) is 15.5. The maximum Gasteiger partial charge on any atom is 0.230 e. The van der Waals surface area contributed by atoms with Crippen molar-refractivity contribution < 1.29 is 9.53 Å². The van der Waals surface area contributed by atoms with Gasteiger partial charge in [-0.25, -0.2) is 4.98 Å². The smallest absolute Gasteiger partial charge is 0.230 e. The lowest BCUT2D eigenvalue weighted by molar-refractivity contribution is -0.124. The molecule has 0 aliphatic heterocycles. The van der Waals surface area contributed by atoms with Crippen molar-refractivity contribution in [3.63, 3.8) is 0 Å². The third kappa shape index (κ3) is 4.23. The molecule has 1 rings (SSSR count). The number of amides is 1. The highest BCUT2D eigenvalue weighted by molar-refractivity contribution is 5.95. The van der Waals surface area contributed by atoms with E-state index in [1.165, 1.54) is 0 Å². The van der Waals surface area contributed by atoms with Crippen LogP contribution in [0.2, 0.25) is 0 Å². The topological polar surface area (TPSA) is 51.2 Å². The normalized spacial score (nSPS) is 11.5. The SMILES string of the molecule is COc1ccc(NC(=O)C(C)(C)CC(C)C)c(C)n1. The highest BCUT2D eigenvalue weighted by atomic mass is 16.5. The molecule has 0 spiro atoms. The molecule has 0 atom stereocenters. The second kappa shape index (κ2) is 6.04. The molecule has 0 fully saturated rings. The standard InChI is InChI=1S/C15H24N2O2/c1-10(2)9-15(4,5)14(18)17-12-7-8-13(19-6)16-11(12)3/h7-8,10H,9H2,1-6H3,(H,17,18). The lowest BCUT2D eigenvalue weighted by atomic mass is 9.83. The Bertz CT molecular complexity index is 453. The van der Waals surface area contributed by atoms with Crippen LogP contribution in [0, 0.1) is 18.3 Å². The van der Waals surface area contributed by atoms with Crippen LogP contribution in [0.1, 0.15) is 39.8 Å². The Morgan fingerprint density at radius 1 is 1.42 bits per heavy atom. The fourth-order valence-electron chi connectivity index (χ4n) is 2.19. The highest BCUT2D eigenvalue weighted by Crippen LogP contribution is 2.28. The van der Waals surface area contributed by atoms with Gasteiger partial charge in [-0.05, 0) is 25.3 Å². The number of carbonyl (C=O) groups excluding carboxylic acids is 1. The van der Waals surface area contributed by atoms with Crippen LogP contribution in [0.15, 0.2) is 12.1 Å². The molecule has 0 bridgehead atoms. The Hall–Kier alpha value is -1.58. The first-order valence-corrected chi connectivity index (χ1v) is 6.59. The third-order valence-electron chi connectivity index (χ3n) is 3.05. The largest absolute Gasteiger partial charge is 0.481 e. The second-order valence-electron chi connectivity index (χ2n) is 5.92. The van der Waals surface area contributed by atoms with Crippen molar-refractivity contribution in [3.05, 3.63) is 17.8 Å². The van der Waals surface area contributed by atoms with Gasteiger partial charge in [0.2, 0.25) is 11.8 Å². The summed E-state index contributed by atoms with van der Waals surface area (Å²) in [5.74, 6) is 1.06. The van der Waals surface area contributed by atoms with E-state index >= 15 is 0 Å². The molecule has 4 nitrogen and oxygen atoms in total. The molecule has 1 heterocycles. The summed E-state index contributed by atoms with van der Waals surface area (Å²) in [6.07, 6.45) is 0.849. The van der Waals surface area contributed by atoms with Crippen LogP contribution in [0.3, 0.4) is 0 Å². The zero-order valence-corrected chi connectivity index (χ0v) is 12.7. The Labute approximate surface area is 115 Å². The molecule has 1 N–H and O–H groups in total. The Morgan fingerprint density at radius 2 is 2.05 bits per heavy atom. The number of carbonyl (C=O) groups is 1. The molecular formula is C15H24N2O2. The summed E-state index contributed by atoms with van der Waals surface area (Å²) in [4.78, 5) is 16.6. The summed E-state index contributed by atoms with van der Waals surface area (Å²) in [6, 6.07) is 3.57. The fourth-order valence-corrected chi connectivity index (χ4v) is 2.19. The van der Waals surface area contributed by atoms with Crippen molar-refractivity contribution in [3.8, 4) is 5.88 Å². The number of aromatic nitrogens is 1. The van der Waals surface area contributed by atoms with Crippen LogP contribution in [-0.2, 0) is 4.79 Å². The molecule has 0 unspecified atom stereocenters. The number of hydrogen-bond acceptors (Lipinski definition) is 3. The minimum Gasteiger partial charge on any atom is -0.481 e. The van der Waals surface area contributed by atoms with E-state index in [9.17, 15) is 4.79 Å². The van der Waals surface area contributed by atoms with Crippen molar-refractivity contribution in [1.82, 2.24) is 4.98 Å². The van der Waals surface area contributed by atoms with Crippen molar-refractivity contribution in [1.29, 1.82) is 0 Å². The average molecular weight is 264 g/mol. The van der Waals surface area contributed by atoms with Gasteiger partial charge in [-0.3, -0.25) is 4.79 Å². The van der Waals surface area contributed by atoms with Gasteiger partial charge in [-0.2, -0.15) is 0 Å². The first-order chi connectivity index (χ1) is 8.76. The molecule has 0 aromatic carbocycles. The van der Waals surface area contributed by atoms with Gasteiger partial charge < -0.3 is 10.1 Å². The van der Waals surface area contributed by atoms with Gasteiger partial charge in [0.1, 0.15) is 0 Å². The number of nitrogens with one attached hydrogen (secondary N) is 1. The zero-order valence-electron chi connectivity index (χ0n) is 12.7. The number of ether oxygens (including phenoxy) is 1. The minimum atomic E-state index is -0.388. The van der Waals surface area contributed by atoms with E-state index in [0.717, 1.165) is 17.8 Å². The maximum absolute atomic E-state index is 12.3. The van der Waals surface area contributed by atoms with Crippen LogP contribution < -0.4 is 10.1 Å². The van der Waals surface area contributed by atoms with Gasteiger partial charge in [0.05, 0.1) is 18.5 Å². The van der Waals surface area contributed by atoms with Crippen molar-refractivity contribution in [2.75, 3.05) is 12.4 Å². The Morgan fingerprint density at radius 3 is 2.53 bits per heavy atom. The molecule has 1 aromatic rings. The summed E-state index contributed by atoms with van der Waals surface area (Å²) < 4.78 is 5.05. The summed E-state index contributed by atoms with van der Waals surface area (Å²) in [5.41, 5.74) is 1.11. The van der Waals surface area contributed by atoms with E-state index in [4.69, 9.17) is 4.74 Å². The van der Waals surface area contributed by atoms with Gasteiger partial charge in [-0.15, -0.1) is 0 Å². The first-order valence-electron chi connectivity index (χ1n) is 6.59. The predicted octanol–water partition coefficient (Wildman–Crippen LogP) is 3.41. The minimum absolute atomic E-state index is 0.0243. The number of anilines is 1. The zero-order chi connectivity index (χ0) is 14.6. The van der Waals surface area contributed by atoms with Crippen molar-refractivity contribution >= 4 is 11.6 Å². The molecule has 0 aliphatic carbocycles. The lowest BCUT2D eigenvalue weighted by Gasteiger charge is -2.25. The molecule has 0 saturated carbocycles. The summed E-state index contributed by atoms with van der Waals surface area (Å²) in [5, 5.41) is 2.95. The van der Waals surface area contributed by atoms with E-state index < -0.39 is 0 Å². The molecule has 19 heavy (non-hydrogen) atoms. The van der Waals surface area contributed by atoms with Gasteiger partial charge in [0.25, 0.3) is 0 Å². The predicted molar refractivity (Wildman–Crippen MR) is 77.4 cm³/mol. The van der Waals surface area contributed by atoms with E-state index in [2.05, 4.69) is 24.1 Å². The van der Waals surface area contributed by atoms with E-state index in [0.29, 0.717) is 11.8 Å². The van der Waals surface area contributed by atoms with Crippen LogP contribution in [0.5, 0.6) is 5.88 Å². The fraction of sp³-hybridized carbons (Fsp3) is 0.600. The molecule has 0 radical (unpaired) electrons. The molecule has 1 amide bonds.